The second-order valence-electron chi connectivity index (χ2n) is 4.14. The number of nitriles is 1. The Labute approximate surface area is 107 Å². The van der Waals surface area contributed by atoms with Crippen molar-refractivity contribution in [3.05, 3.63) is 11.7 Å². The van der Waals surface area contributed by atoms with Gasteiger partial charge in [0.2, 0.25) is 11.7 Å². The predicted octanol–water partition coefficient (Wildman–Crippen LogP) is 1.55. The summed E-state index contributed by atoms with van der Waals surface area (Å²) in [6.45, 7) is 3.99. The SMILES string of the molecule is CCC(CC)(OC)c1noc(CC(O)CC#N)n1. The first-order valence-corrected chi connectivity index (χ1v) is 6.05. The molecule has 1 N–H and O–H groups in total. The summed E-state index contributed by atoms with van der Waals surface area (Å²) in [5.41, 5.74) is -0.540. The number of aliphatic hydroxyl groups excluding tert-OH is 1. The Morgan fingerprint density at radius 3 is 2.67 bits per heavy atom. The van der Waals surface area contributed by atoms with Gasteiger partial charge in [-0.05, 0) is 12.8 Å². The second kappa shape index (κ2) is 6.47. The largest absolute Gasteiger partial charge is 0.392 e. The molecular weight excluding hydrogens is 234 g/mol. The maximum Gasteiger partial charge on any atom is 0.229 e. The summed E-state index contributed by atoms with van der Waals surface area (Å²) < 4.78 is 10.6. The van der Waals surface area contributed by atoms with Crippen molar-refractivity contribution in [1.82, 2.24) is 10.1 Å². The molecule has 100 valence electrons. The lowest BCUT2D eigenvalue weighted by Gasteiger charge is -2.25. The van der Waals surface area contributed by atoms with E-state index in [-0.39, 0.29) is 12.8 Å². The zero-order valence-electron chi connectivity index (χ0n) is 11.0. The van der Waals surface area contributed by atoms with E-state index in [1.807, 2.05) is 19.9 Å². The summed E-state index contributed by atoms with van der Waals surface area (Å²) in [5.74, 6) is 0.824. The van der Waals surface area contributed by atoms with E-state index in [4.69, 9.17) is 14.5 Å². The van der Waals surface area contributed by atoms with Crippen LogP contribution in [0.5, 0.6) is 0 Å². The second-order valence-corrected chi connectivity index (χ2v) is 4.14. The van der Waals surface area contributed by atoms with Gasteiger partial charge in [0.15, 0.2) is 0 Å². The maximum absolute atomic E-state index is 9.50. The fourth-order valence-corrected chi connectivity index (χ4v) is 1.85. The van der Waals surface area contributed by atoms with Crippen LogP contribution >= 0.6 is 0 Å². The third kappa shape index (κ3) is 3.06. The molecule has 0 aliphatic rings. The van der Waals surface area contributed by atoms with Crippen molar-refractivity contribution in [2.24, 2.45) is 0 Å². The Kier molecular flexibility index (Phi) is 5.25. The quantitative estimate of drug-likeness (QED) is 0.792. The van der Waals surface area contributed by atoms with Crippen LogP contribution in [0, 0.1) is 11.3 Å². The Morgan fingerprint density at radius 2 is 2.17 bits per heavy atom. The molecule has 0 radical (unpaired) electrons. The minimum atomic E-state index is -0.775. The first kappa shape index (κ1) is 14.6. The van der Waals surface area contributed by atoms with Gasteiger partial charge in [-0.3, -0.25) is 0 Å². The van der Waals surface area contributed by atoms with Crippen molar-refractivity contribution in [1.29, 1.82) is 5.26 Å². The molecule has 1 atom stereocenters. The molecule has 0 bridgehead atoms. The number of aliphatic hydroxyl groups is 1. The van der Waals surface area contributed by atoms with Gasteiger partial charge in [-0.2, -0.15) is 10.2 Å². The van der Waals surface area contributed by atoms with Crippen LogP contribution in [0.1, 0.15) is 44.8 Å². The third-order valence-electron chi connectivity index (χ3n) is 3.15. The van der Waals surface area contributed by atoms with Crippen molar-refractivity contribution in [2.75, 3.05) is 7.11 Å². The molecule has 1 unspecified atom stereocenters. The van der Waals surface area contributed by atoms with E-state index in [2.05, 4.69) is 10.1 Å². The molecule has 0 fully saturated rings. The summed E-state index contributed by atoms with van der Waals surface area (Å²) >= 11 is 0. The summed E-state index contributed by atoms with van der Waals surface area (Å²) in [7, 11) is 1.62. The number of rotatable bonds is 7. The Bertz CT molecular complexity index is 399. The van der Waals surface area contributed by atoms with Gasteiger partial charge in [0.05, 0.1) is 25.0 Å². The highest BCUT2D eigenvalue weighted by molar-refractivity contribution is 5.01. The monoisotopic (exact) mass is 253 g/mol. The first-order chi connectivity index (χ1) is 8.61. The average molecular weight is 253 g/mol. The molecule has 18 heavy (non-hydrogen) atoms. The van der Waals surface area contributed by atoms with Gasteiger partial charge >= 0.3 is 0 Å². The number of nitrogens with zero attached hydrogens (tertiary/aromatic N) is 3. The highest BCUT2D eigenvalue weighted by Gasteiger charge is 2.33. The van der Waals surface area contributed by atoms with Crippen LogP contribution in [0.3, 0.4) is 0 Å². The molecule has 0 saturated carbocycles. The first-order valence-electron chi connectivity index (χ1n) is 6.05. The summed E-state index contributed by atoms with van der Waals surface area (Å²) in [5, 5.41) is 21.9. The fraction of sp³-hybridized carbons (Fsp3) is 0.750. The zero-order valence-corrected chi connectivity index (χ0v) is 11.0. The van der Waals surface area contributed by atoms with Gasteiger partial charge in [-0.1, -0.05) is 19.0 Å². The predicted molar refractivity (Wildman–Crippen MR) is 63.5 cm³/mol. The molecule has 0 aromatic carbocycles. The van der Waals surface area contributed by atoms with Crippen molar-refractivity contribution in [2.45, 2.75) is 51.2 Å². The molecule has 1 aromatic rings. The Morgan fingerprint density at radius 1 is 1.50 bits per heavy atom. The van der Waals surface area contributed by atoms with Crippen LogP contribution in [-0.4, -0.2) is 28.5 Å². The standard InChI is InChI=1S/C12H19N3O3/c1-4-12(5-2,17-3)11-14-10(18-15-11)8-9(16)6-7-13/h9,16H,4-6,8H2,1-3H3. The van der Waals surface area contributed by atoms with Crippen LogP contribution in [0.4, 0.5) is 0 Å². The topological polar surface area (TPSA) is 92.2 Å². The van der Waals surface area contributed by atoms with E-state index in [0.717, 1.165) is 12.8 Å². The molecular formula is C12H19N3O3. The van der Waals surface area contributed by atoms with Crippen molar-refractivity contribution >= 4 is 0 Å². The number of hydrogen-bond donors (Lipinski definition) is 1. The van der Waals surface area contributed by atoms with E-state index < -0.39 is 11.7 Å². The lowest BCUT2D eigenvalue weighted by Crippen LogP contribution is -2.28. The molecule has 1 heterocycles. The molecule has 1 rings (SSSR count). The molecule has 6 nitrogen and oxygen atoms in total. The van der Waals surface area contributed by atoms with Crippen LogP contribution in [-0.2, 0) is 16.8 Å². The molecule has 6 heteroatoms. The molecule has 0 amide bonds. The van der Waals surface area contributed by atoms with Crippen LogP contribution in [0.25, 0.3) is 0 Å². The van der Waals surface area contributed by atoms with Crippen molar-refractivity contribution in [3.8, 4) is 6.07 Å². The Balaban J connectivity index is 2.82. The van der Waals surface area contributed by atoms with Crippen LogP contribution in [0.2, 0.25) is 0 Å². The molecule has 0 aliphatic heterocycles. The van der Waals surface area contributed by atoms with Crippen molar-refractivity contribution < 1.29 is 14.4 Å². The van der Waals surface area contributed by atoms with E-state index in [1.54, 1.807) is 7.11 Å². The molecule has 0 saturated heterocycles. The molecule has 0 spiro atoms. The average Bonchev–Trinajstić information content (AvgIpc) is 2.81. The lowest BCUT2D eigenvalue weighted by atomic mass is 9.96. The normalized spacial score (nSPS) is 13.3. The minimum absolute atomic E-state index is 0.0503. The van der Waals surface area contributed by atoms with Gasteiger partial charge in [-0.15, -0.1) is 0 Å². The van der Waals surface area contributed by atoms with Crippen LogP contribution in [0.15, 0.2) is 4.52 Å². The van der Waals surface area contributed by atoms with Gasteiger partial charge in [-0.25, -0.2) is 0 Å². The molecule has 0 aliphatic carbocycles. The van der Waals surface area contributed by atoms with Gasteiger partial charge in [0.1, 0.15) is 5.60 Å². The van der Waals surface area contributed by atoms with Crippen LogP contribution < -0.4 is 0 Å². The number of methoxy groups -OCH3 is 1. The highest BCUT2D eigenvalue weighted by Crippen LogP contribution is 2.30. The Hall–Kier alpha value is -1.45. The summed E-state index contributed by atoms with van der Waals surface area (Å²) in [6.07, 6.45) is 0.936. The maximum atomic E-state index is 9.50. The fourth-order valence-electron chi connectivity index (χ4n) is 1.85. The lowest BCUT2D eigenvalue weighted by molar-refractivity contribution is -0.0306. The summed E-state index contributed by atoms with van der Waals surface area (Å²) in [4.78, 5) is 4.25. The third-order valence-corrected chi connectivity index (χ3v) is 3.15. The van der Waals surface area contributed by atoms with E-state index >= 15 is 0 Å². The van der Waals surface area contributed by atoms with Gasteiger partial charge in [0.25, 0.3) is 0 Å². The summed E-state index contributed by atoms with van der Waals surface area (Å²) in [6, 6.07) is 1.89. The van der Waals surface area contributed by atoms with E-state index in [0.29, 0.717) is 11.7 Å². The van der Waals surface area contributed by atoms with Gasteiger partial charge in [0, 0.05) is 7.11 Å². The van der Waals surface area contributed by atoms with Crippen molar-refractivity contribution in [3.63, 3.8) is 0 Å². The molecule has 1 aromatic heterocycles. The smallest absolute Gasteiger partial charge is 0.229 e. The number of ether oxygens (including phenoxy) is 1. The number of hydrogen-bond acceptors (Lipinski definition) is 6. The van der Waals surface area contributed by atoms with E-state index in [1.165, 1.54) is 0 Å². The van der Waals surface area contributed by atoms with Gasteiger partial charge < -0.3 is 14.4 Å². The highest BCUT2D eigenvalue weighted by atomic mass is 16.5. The zero-order chi connectivity index (χ0) is 13.6. The minimum Gasteiger partial charge on any atom is -0.392 e. The number of aromatic nitrogens is 2. The van der Waals surface area contributed by atoms with E-state index in [9.17, 15) is 5.11 Å².